The van der Waals surface area contributed by atoms with Crippen LogP contribution in [0.15, 0.2) is 108 Å². The lowest BCUT2D eigenvalue weighted by Gasteiger charge is -2.26. The Kier molecular flexibility index (Phi) is 16.3. The van der Waals surface area contributed by atoms with Crippen LogP contribution in [0.4, 0.5) is 35.9 Å². The lowest BCUT2D eigenvalue weighted by molar-refractivity contribution is 0.0685. The van der Waals surface area contributed by atoms with Gasteiger partial charge in [0.05, 0.1) is 93.5 Å². The maximum absolute atomic E-state index is 15.5. The van der Waals surface area contributed by atoms with E-state index < -0.39 is 35.3 Å². The van der Waals surface area contributed by atoms with Crippen molar-refractivity contribution in [3.05, 3.63) is 142 Å². The molecule has 5 heterocycles. The van der Waals surface area contributed by atoms with Gasteiger partial charge in [-0.2, -0.15) is 0 Å². The van der Waals surface area contributed by atoms with Crippen molar-refractivity contribution in [2.45, 2.75) is 39.3 Å². The molecule has 0 saturated carbocycles. The van der Waals surface area contributed by atoms with Gasteiger partial charge in [0.1, 0.15) is 29.9 Å². The normalized spacial score (nSPS) is 12.4. The van der Waals surface area contributed by atoms with E-state index in [2.05, 4.69) is 29.9 Å². The maximum Gasteiger partial charge on any atom is 0.265 e. The molecule has 0 bridgehead atoms. The zero-order chi connectivity index (χ0) is 49.9. The molecule has 0 amide bonds. The Bertz CT molecular complexity index is 3140. The standard InChI is InChI=1S/C25H26FN5O4.C22H19F2N5O4.C2H6/c1-33-18-12-21(24(26)22(13-18)34-2)30(14-23-27-7-8-28-23)17-3-4-20-19(11-17)25(32)31(15-29-20)16-5-9-35-10-6-16;1-32-17-8-18(33-2)20(24)21(19(17)23)28(5-6-30)13-3-4-16-15(7-13)22(31)29(12-27-16)14-9-25-11-26-10-14;1-2/h3-4,7-8,11-13,15-16H,5-6,9-10,14H2,1-2H3,(H,27,28);3-4,7-12,30H,5-6H2,1-2H3;1-2H3. The predicted octanol–water partition coefficient (Wildman–Crippen LogP) is 7.59. The molecule has 1 fully saturated rings. The van der Waals surface area contributed by atoms with Gasteiger partial charge in [-0.3, -0.25) is 18.7 Å². The van der Waals surface area contributed by atoms with Crippen LogP contribution in [0.2, 0.25) is 0 Å². The first-order chi connectivity index (χ1) is 34.1. The molecule has 9 rings (SSSR count). The predicted molar refractivity (Wildman–Crippen MR) is 257 cm³/mol. The van der Waals surface area contributed by atoms with Crippen molar-refractivity contribution >= 4 is 44.6 Å². The second kappa shape index (κ2) is 22.8. The van der Waals surface area contributed by atoms with Gasteiger partial charge in [-0.1, -0.05) is 13.8 Å². The third kappa shape index (κ3) is 10.3. The van der Waals surface area contributed by atoms with E-state index >= 15 is 13.2 Å². The summed E-state index contributed by atoms with van der Waals surface area (Å²) in [6.07, 6.45) is 12.0. The van der Waals surface area contributed by atoms with E-state index in [-0.39, 0.29) is 58.7 Å². The largest absolute Gasteiger partial charge is 0.497 e. The highest BCUT2D eigenvalue weighted by molar-refractivity contribution is 5.85. The number of aromatic amines is 1. The number of anilines is 4. The van der Waals surface area contributed by atoms with E-state index in [9.17, 15) is 14.7 Å². The second-order valence-corrected chi connectivity index (χ2v) is 15.1. The van der Waals surface area contributed by atoms with Gasteiger partial charge in [-0.05, 0) is 49.2 Å². The molecule has 0 spiro atoms. The maximum atomic E-state index is 15.5. The minimum absolute atomic E-state index is 0.0381. The molecule has 0 unspecified atom stereocenters. The fraction of sp³-hybridized carbons (Fsp3) is 0.286. The van der Waals surface area contributed by atoms with Gasteiger partial charge >= 0.3 is 0 Å². The van der Waals surface area contributed by atoms with Gasteiger partial charge in [-0.15, -0.1) is 0 Å². The number of H-pyrrole nitrogens is 1. The van der Waals surface area contributed by atoms with Gasteiger partial charge in [0.15, 0.2) is 34.7 Å². The summed E-state index contributed by atoms with van der Waals surface area (Å²) in [4.78, 5) is 53.5. The van der Waals surface area contributed by atoms with Crippen LogP contribution in [0, 0.1) is 17.5 Å². The highest BCUT2D eigenvalue weighted by Crippen LogP contribution is 2.41. The zero-order valence-electron chi connectivity index (χ0n) is 39.2. The molecule has 70 heavy (non-hydrogen) atoms. The minimum Gasteiger partial charge on any atom is -0.497 e. The van der Waals surface area contributed by atoms with Crippen LogP contribution in [0.1, 0.15) is 38.6 Å². The molecule has 0 atom stereocenters. The van der Waals surface area contributed by atoms with Gasteiger partial charge in [-0.25, -0.2) is 38.1 Å². The Morgan fingerprint density at radius 1 is 0.743 bits per heavy atom. The van der Waals surface area contributed by atoms with Gasteiger partial charge in [0, 0.05) is 67.8 Å². The number of fused-ring (bicyclic) bond motifs is 2. The Labute approximate surface area is 399 Å². The van der Waals surface area contributed by atoms with Crippen LogP contribution in [-0.2, 0) is 11.3 Å². The summed E-state index contributed by atoms with van der Waals surface area (Å²) < 4.78 is 74.8. The van der Waals surface area contributed by atoms with Crippen molar-refractivity contribution in [2.75, 3.05) is 64.6 Å². The number of rotatable bonds is 14. The lowest BCUT2D eigenvalue weighted by Crippen LogP contribution is -2.29. The van der Waals surface area contributed by atoms with Crippen molar-refractivity contribution in [3.8, 4) is 28.7 Å². The molecule has 21 heteroatoms. The third-order valence-corrected chi connectivity index (χ3v) is 11.3. The van der Waals surface area contributed by atoms with E-state index in [1.54, 1.807) is 58.5 Å². The molecule has 0 aliphatic carbocycles. The number of halogens is 3. The highest BCUT2D eigenvalue weighted by atomic mass is 19.1. The van der Waals surface area contributed by atoms with Crippen LogP contribution in [0.25, 0.3) is 27.5 Å². The lowest BCUT2D eigenvalue weighted by atomic mass is 10.1. The fourth-order valence-electron chi connectivity index (χ4n) is 7.84. The van der Waals surface area contributed by atoms with Gasteiger partial charge in [0.25, 0.3) is 11.1 Å². The molecule has 1 aliphatic rings. The summed E-state index contributed by atoms with van der Waals surface area (Å²) in [6.45, 7) is 4.86. The SMILES string of the molecule is CC.COc1cc(OC)c(F)c(N(CCO)c2ccc3ncn(-c4cncnc4)c(=O)c3c2)c1F.COc1cc(OC)c(F)c(N(Cc2ncc[nH]2)c2ccc3ncn(C4CCOCC4)c(=O)c3c2)c1. The summed E-state index contributed by atoms with van der Waals surface area (Å²) >= 11 is 0. The van der Waals surface area contributed by atoms with Gasteiger partial charge < -0.3 is 43.6 Å². The Morgan fingerprint density at radius 3 is 1.93 bits per heavy atom. The third-order valence-electron chi connectivity index (χ3n) is 11.3. The molecule has 366 valence electrons. The smallest absolute Gasteiger partial charge is 0.265 e. The molecule has 8 aromatic rings. The summed E-state index contributed by atoms with van der Waals surface area (Å²) in [6, 6.07) is 14.1. The molecule has 1 aliphatic heterocycles. The van der Waals surface area contributed by atoms with Crippen LogP contribution < -0.4 is 39.9 Å². The number of benzene rings is 4. The Hall–Kier alpha value is -8.04. The van der Waals surface area contributed by atoms with Crippen LogP contribution >= 0.6 is 0 Å². The Balaban J connectivity index is 0.000000200. The molecule has 0 radical (unpaired) electrons. The van der Waals surface area contributed by atoms with Crippen LogP contribution in [-0.4, -0.2) is 98.9 Å². The van der Waals surface area contributed by atoms with Crippen molar-refractivity contribution < 1.29 is 42.0 Å². The molecular weight excluding hydrogens is 914 g/mol. The molecule has 4 aromatic heterocycles. The van der Waals surface area contributed by atoms with Crippen molar-refractivity contribution in [2.24, 2.45) is 0 Å². The first kappa shape index (κ1) is 49.9. The molecule has 18 nitrogen and oxygen atoms in total. The minimum atomic E-state index is -0.977. The summed E-state index contributed by atoms with van der Waals surface area (Å²) in [5, 5.41) is 10.3. The van der Waals surface area contributed by atoms with E-state index in [0.717, 1.165) is 18.9 Å². The number of aliphatic hydroxyl groups is 1. The first-order valence-electron chi connectivity index (χ1n) is 22.1. The second-order valence-electron chi connectivity index (χ2n) is 15.1. The molecule has 2 N–H and O–H groups in total. The van der Waals surface area contributed by atoms with E-state index in [4.69, 9.17) is 23.7 Å². The van der Waals surface area contributed by atoms with Crippen LogP contribution in [0.5, 0.6) is 23.0 Å². The number of nitrogens with one attached hydrogen (secondary N) is 1. The average Bonchev–Trinajstić information content (AvgIpc) is 3.93. The average molecular weight is 965 g/mol. The molecule has 4 aromatic carbocycles. The number of aliphatic hydroxyl groups excluding tert-OH is 1. The number of aromatic nitrogens is 8. The Morgan fingerprint density at radius 2 is 1.34 bits per heavy atom. The summed E-state index contributed by atoms with van der Waals surface area (Å²) in [5.41, 5.74) is 1.40. The van der Waals surface area contributed by atoms with E-state index in [0.29, 0.717) is 52.6 Å². The monoisotopic (exact) mass is 964 g/mol. The zero-order valence-corrected chi connectivity index (χ0v) is 39.2. The first-order valence-corrected chi connectivity index (χ1v) is 22.1. The topological polar surface area (TPSA) is 197 Å². The van der Waals surface area contributed by atoms with E-state index in [1.165, 1.54) is 75.1 Å². The quantitative estimate of drug-likeness (QED) is 0.108. The number of ether oxygens (including phenoxy) is 5. The molecular formula is C49H51F3N10O8. The van der Waals surface area contributed by atoms with Gasteiger partial charge in [0.2, 0.25) is 0 Å². The van der Waals surface area contributed by atoms with Crippen molar-refractivity contribution in [1.82, 2.24) is 39.0 Å². The van der Waals surface area contributed by atoms with E-state index in [1.807, 2.05) is 19.9 Å². The summed E-state index contributed by atoms with van der Waals surface area (Å²) in [7, 11) is 5.40. The number of hydrogen-bond donors (Lipinski definition) is 2. The molecule has 1 saturated heterocycles. The highest BCUT2D eigenvalue weighted by Gasteiger charge is 2.27. The number of methoxy groups -OCH3 is 4. The number of nitrogens with zero attached hydrogens (tertiary/aromatic N) is 9. The van der Waals surface area contributed by atoms with Crippen molar-refractivity contribution in [3.63, 3.8) is 0 Å². The fourth-order valence-corrected chi connectivity index (χ4v) is 7.84. The number of imidazole rings is 1. The summed E-state index contributed by atoms with van der Waals surface area (Å²) in [5.74, 6) is -1.87. The number of hydrogen-bond acceptors (Lipinski definition) is 15. The van der Waals surface area contributed by atoms with Crippen molar-refractivity contribution in [1.29, 1.82) is 0 Å². The van der Waals surface area contributed by atoms with Crippen LogP contribution in [0.3, 0.4) is 0 Å².